The second-order valence-corrected chi connectivity index (χ2v) is 8.25. The number of benzene rings is 2. The molecule has 1 aliphatic heterocycles. The number of hydrogen-bond donors (Lipinski definition) is 2. The second-order valence-electron chi connectivity index (χ2n) is 6.16. The summed E-state index contributed by atoms with van der Waals surface area (Å²) in [5.41, 5.74) is 0.777. The van der Waals surface area contributed by atoms with E-state index in [0.29, 0.717) is 22.8 Å². The summed E-state index contributed by atoms with van der Waals surface area (Å²) in [7, 11) is -3.78. The van der Waals surface area contributed by atoms with Gasteiger partial charge in [-0.1, -0.05) is 23.7 Å². The first-order valence-electron chi connectivity index (χ1n) is 8.27. The number of anilines is 1. The Kier molecular flexibility index (Phi) is 5.50. The number of carbonyl (C=O) groups is 1. The summed E-state index contributed by atoms with van der Waals surface area (Å²) >= 11 is 6.00. The van der Waals surface area contributed by atoms with Crippen molar-refractivity contribution >= 4 is 33.2 Å². The van der Waals surface area contributed by atoms with Crippen molar-refractivity contribution < 1.29 is 13.2 Å². The Bertz CT molecular complexity index is 900. The van der Waals surface area contributed by atoms with E-state index in [4.69, 9.17) is 11.6 Å². The maximum absolute atomic E-state index is 12.6. The van der Waals surface area contributed by atoms with Crippen molar-refractivity contribution in [1.29, 1.82) is 0 Å². The fourth-order valence-corrected chi connectivity index (χ4v) is 4.15. The second kappa shape index (κ2) is 7.65. The molecule has 0 bridgehead atoms. The van der Waals surface area contributed by atoms with Crippen LogP contribution in [0.4, 0.5) is 5.69 Å². The van der Waals surface area contributed by atoms with Crippen LogP contribution in [0.2, 0.25) is 5.02 Å². The highest BCUT2D eigenvalue weighted by Crippen LogP contribution is 2.24. The van der Waals surface area contributed by atoms with Crippen molar-refractivity contribution in [3.05, 3.63) is 59.1 Å². The third-order valence-electron chi connectivity index (χ3n) is 4.29. The number of nitrogens with zero attached hydrogens (tertiary/aromatic N) is 1. The fraction of sp³-hybridized carbons (Fsp3) is 0.278. The standard InChI is InChI=1S/C18H20ClN3O3S/c1-13-12-20-10-11-22(13)18(23)14-6-8-15(9-7-14)26(24,25)21-17-5-3-2-4-16(17)19/h2-9,13,20-21H,10-12H2,1H3. The molecule has 1 aliphatic rings. The van der Waals surface area contributed by atoms with Gasteiger partial charge in [-0.25, -0.2) is 8.42 Å². The molecule has 3 rings (SSSR count). The zero-order valence-electron chi connectivity index (χ0n) is 14.3. The lowest BCUT2D eigenvalue weighted by atomic mass is 10.1. The maximum Gasteiger partial charge on any atom is 0.261 e. The van der Waals surface area contributed by atoms with Crippen LogP contribution in [0.15, 0.2) is 53.4 Å². The highest BCUT2D eigenvalue weighted by Gasteiger charge is 2.24. The molecule has 26 heavy (non-hydrogen) atoms. The SMILES string of the molecule is CC1CNCCN1C(=O)c1ccc(S(=O)(=O)Nc2ccccc2Cl)cc1. The molecule has 0 aromatic heterocycles. The van der Waals surface area contributed by atoms with E-state index in [2.05, 4.69) is 10.0 Å². The molecular formula is C18H20ClN3O3S. The Balaban J connectivity index is 1.78. The van der Waals surface area contributed by atoms with E-state index in [1.165, 1.54) is 24.3 Å². The van der Waals surface area contributed by atoms with Gasteiger partial charge in [-0.3, -0.25) is 9.52 Å². The van der Waals surface area contributed by atoms with Crippen LogP contribution >= 0.6 is 11.6 Å². The average molecular weight is 394 g/mol. The zero-order chi connectivity index (χ0) is 18.7. The Morgan fingerprint density at radius 1 is 1.19 bits per heavy atom. The Hall–Kier alpha value is -2.09. The number of amides is 1. The summed E-state index contributed by atoms with van der Waals surface area (Å²) in [6.45, 7) is 4.12. The third kappa shape index (κ3) is 4.00. The Labute approximate surface area is 158 Å². The smallest absolute Gasteiger partial charge is 0.261 e. The van der Waals surface area contributed by atoms with Gasteiger partial charge in [-0.05, 0) is 43.3 Å². The molecule has 138 valence electrons. The molecule has 1 unspecified atom stereocenters. The van der Waals surface area contributed by atoms with Gasteiger partial charge in [0.1, 0.15) is 0 Å². The molecule has 2 aromatic carbocycles. The van der Waals surface area contributed by atoms with Gasteiger partial charge in [-0.2, -0.15) is 0 Å². The minimum Gasteiger partial charge on any atom is -0.333 e. The van der Waals surface area contributed by atoms with E-state index in [0.717, 1.165) is 13.1 Å². The van der Waals surface area contributed by atoms with Crippen LogP contribution in [0.25, 0.3) is 0 Å². The molecule has 0 spiro atoms. The molecule has 2 N–H and O–H groups in total. The van der Waals surface area contributed by atoms with E-state index in [-0.39, 0.29) is 16.8 Å². The fourth-order valence-electron chi connectivity index (χ4n) is 2.83. The molecule has 1 heterocycles. The van der Waals surface area contributed by atoms with Crippen LogP contribution in [0.3, 0.4) is 0 Å². The van der Waals surface area contributed by atoms with E-state index >= 15 is 0 Å². The van der Waals surface area contributed by atoms with Crippen molar-refractivity contribution in [2.75, 3.05) is 24.4 Å². The highest BCUT2D eigenvalue weighted by molar-refractivity contribution is 7.92. The molecule has 8 heteroatoms. The summed E-state index contributed by atoms with van der Waals surface area (Å²) in [4.78, 5) is 14.5. The number of piperazine rings is 1. The van der Waals surface area contributed by atoms with E-state index in [9.17, 15) is 13.2 Å². The number of para-hydroxylation sites is 1. The van der Waals surface area contributed by atoms with Crippen molar-refractivity contribution in [1.82, 2.24) is 10.2 Å². The summed E-state index contributed by atoms with van der Waals surface area (Å²) in [5, 5.41) is 3.55. The van der Waals surface area contributed by atoms with Crippen molar-refractivity contribution in [3.8, 4) is 0 Å². The lowest BCUT2D eigenvalue weighted by Gasteiger charge is -2.34. The Morgan fingerprint density at radius 3 is 2.54 bits per heavy atom. The van der Waals surface area contributed by atoms with Gasteiger partial charge in [0.15, 0.2) is 0 Å². The monoisotopic (exact) mass is 393 g/mol. The van der Waals surface area contributed by atoms with Crippen LogP contribution in [0.5, 0.6) is 0 Å². The van der Waals surface area contributed by atoms with Crippen LogP contribution in [0, 0.1) is 0 Å². The molecule has 1 fully saturated rings. The number of nitrogens with one attached hydrogen (secondary N) is 2. The molecule has 2 aromatic rings. The summed E-state index contributed by atoms with van der Waals surface area (Å²) < 4.78 is 27.5. The summed E-state index contributed by atoms with van der Waals surface area (Å²) in [6.07, 6.45) is 0. The molecule has 0 saturated carbocycles. The van der Waals surface area contributed by atoms with Gasteiger partial charge in [0.25, 0.3) is 15.9 Å². The first-order chi connectivity index (χ1) is 12.4. The number of carbonyl (C=O) groups excluding carboxylic acids is 1. The minimum absolute atomic E-state index is 0.0716. The predicted molar refractivity (Wildman–Crippen MR) is 102 cm³/mol. The van der Waals surface area contributed by atoms with Gasteiger partial charge in [-0.15, -0.1) is 0 Å². The van der Waals surface area contributed by atoms with Crippen molar-refractivity contribution in [3.63, 3.8) is 0 Å². The van der Waals surface area contributed by atoms with E-state index in [1.54, 1.807) is 29.2 Å². The topological polar surface area (TPSA) is 78.5 Å². The molecule has 0 aliphatic carbocycles. The van der Waals surface area contributed by atoms with Gasteiger partial charge < -0.3 is 10.2 Å². The lowest BCUT2D eigenvalue weighted by molar-refractivity contribution is 0.0655. The number of halogens is 1. The van der Waals surface area contributed by atoms with Crippen LogP contribution < -0.4 is 10.0 Å². The van der Waals surface area contributed by atoms with Gasteiger partial charge in [0.05, 0.1) is 15.6 Å². The molecule has 6 nitrogen and oxygen atoms in total. The minimum atomic E-state index is -3.78. The van der Waals surface area contributed by atoms with Crippen LogP contribution in [0.1, 0.15) is 17.3 Å². The number of rotatable bonds is 4. The lowest BCUT2D eigenvalue weighted by Crippen LogP contribution is -2.52. The highest BCUT2D eigenvalue weighted by atomic mass is 35.5. The molecule has 1 amide bonds. The molecule has 1 atom stereocenters. The van der Waals surface area contributed by atoms with E-state index in [1.807, 2.05) is 6.92 Å². The van der Waals surface area contributed by atoms with Gasteiger partial charge in [0, 0.05) is 31.2 Å². The maximum atomic E-state index is 12.6. The predicted octanol–water partition coefficient (Wildman–Crippen LogP) is 2.57. The largest absolute Gasteiger partial charge is 0.333 e. The first-order valence-corrected chi connectivity index (χ1v) is 10.1. The van der Waals surface area contributed by atoms with Gasteiger partial charge >= 0.3 is 0 Å². The van der Waals surface area contributed by atoms with Crippen LogP contribution in [-0.4, -0.2) is 44.9 Å². The summed E-state index contributed by atoms with van der Waals surface area (Å²) in [6, 6.07) is 12.6. The molecular weight excluding hydrogens is 374 g/mol. The van der Waals surface area contributed by atoms with Crippen molar-refractivity contribution in [2.24, 2.45) is 0 Å². The third-order valence-corrected chi connectivity index (χ3v) is 6.00. The summed E-state index contributed by atoms with van der Waals surface area (Å²) in [5.74, 6) is -0.0954. The van der Waals surface area contributed by atoms with Crippen LogP contribution in [-0.2, 0) is 10.0 Å². The quantitative estimate of drug-likeness (QED) is 0.836. The van der Waals surface area contributed by atoms with E-state index < -0.39 is 10.0 Å². The average Bonchev–Trinajstić information content (AvgIpc) is 2.63. The normalized spacial score (nSPS) is 17.8. The Morgan fingerprint density at radius 2 is 1.88 bits per heavy atom. The molecule has 0 radical (unpaired) electrons. The first kappa shape index (κ1) is 18.7. The van der Waals surface area contributed by atoms with Gasteiger partial charge in [0.2, 0.25) is 0 Å². The molecule has 1 saturated heterocycles. The zero-order valence-corrected chi connectivity index (χ0v) is 15.8. The number of sulfonamides is 1. The number of hydrogen-bond acceptors (Lipinski definition) is 4. The van der Waals surface area contributed by atoms with Crippen molar-refractivity contribution in [2.45, 2.75) is 17.9 Å².